The molecule has 2 rings (SSSR count). The van der Waals surface area contributed by atoms with Crippen molar-refractivity contribution in [2.75, 3.05) is 0 Å². The molecule has 0 saturated heterocycles. The van der Waals surface area contributed by atoms with Gasteiger partial charge >= 0.3 is 12.0 Å². The van der Waals surface area contributed by atoms with Crippen LogP contribution in [-0.4, -0.2) is 34.4 Å². The lowest BCUT2D eigenvalue weighted by Crippen LogP contribution is -2.49. The molecule has 0 bridgehead atoms. The lowest BCUT2D eigenvalue weighted by atomic mass is 9.95. The SMILES string of the molecule is C[C@H](NC(=O)N(O)C1CCCCC1)C(=O)OCc1ccccc1. The summed E-state index contributed by atoms with van der Waals surface area (Å²) in [5.74, 6) is -0.528. The number of ether oxygens (including phenoxy) is 1. The Bertz CT molecular complexity index is 515. The fourth-order valence-electron chi connectivity index (χ4n) is 2.66. The van der Waals surface area contributed by atoms with Gasteiger partial charge in [0.15, 0.2) is 0 Å². The maximum absolute atomic E-state index is 12.0. The summed E-state index contributed by atoms with van der Waals surface area (Å²) in [6.07, 6.45) is 4.72. The van der Waals surface area contributed by atoms with Crippen LogP contribution in [0.25, 0.3) is 0 Å². The lowest BCUT2D eigenvalue weighted by Gasteiger charge is -2.29. The summed E-state index contributed by atoms with van der Waals surface area (Å²) < 4.78 is 5.16. The Morgan fingerprint density at radius 1 is 1.26 bits per heavy atom. The predicted molar refractivity (Wildman–Crippen MR) is 84.7 cm³/mol. The van der Waals surface area contributed by atoms with E-state index in [1.165, 1.54) is 0 Å². The highest BCUT2D eigenvalue weighted by Gasteiger charge is 2.26. The van der Waals surface area contributed by atoms with Crippen LogP contribution in [0.5, 0.6) is 0 Å². The zero-order chi connectivity index (χ0) is 16.7. The predicted octanol–water partition coefficient (Wildman–Crippen LogP) is 2.85. The number of hydrogen-bond acceptors (Lipinski definition) is 4. The molecule has 2 N–H and O–H groups in total. The number of esters is 1. The largest absolute Gasteiger partial charge is 0.459 e. The number of hydrogen-bond donors (Lipinski definition) is 2. The van der Waals surface area contributed by atoms with Crippen molar-refractivity contribution in [1.82, 2.24) is 10.4 Å². The molecule has 6 nitrogen and oxygen atoms in total. The Morgan fingerprint density at radius 3 is 2.57 bits per heavy atom. The molecule has 1 aliphatic carbocycles. The lowest BCUT2D eigenvalue weighted by molar-refractivity contribution is -0.147. The molecule has 0 heterocycles. The second-order valence-electron chi connectivity index (χ2n) is 5.90. The molecule has 1 atom stereocenters. The number of hydroxylamine groups is 2. The first-order valence-electron chi connectivity index (χ1n) is 8.07. The monoisotopic (exact) mass is 320 g/mol. The summed E-state index contributed by atoms with van der Waals surface area (Å²) in [6.45, 7) is 1.70. The van der Waals surface area contributed by atoms with E-state index in [1.807, 2.05) is 30.3 Å². The van der Waals surface area contributed by atoms with Gasteiger partial charge in [0.2, 0.25) is 0 Å². The van der Waals surface area contributed by atoms with Crippen molar-refractivity contribution < 1.29 is 19.5 Å². The molecule has 0 aliphatic heterocycles. The summed E-state index contributed by atoms with van der Waals surface area (Å²) >= 11 is 0. The second-order valence-corrected chi connectivity index (χ2v) is 5.90. The average Bonchev–Trinajstić information content (AvgIpc) is 2.60. The van der Waals surface area contributed by atoms with Gasteiger partial charge < -0.3 is 10.1 Å². The summed E-state index contributed by atoms with van der Waals surface area (Å²) in [5.41, 5.74) is 0.880. The molecule has 1 aromatic rings. The fraction of sp³-hybridized carbons (Fsp3) is 0.529. The van der Waals surface area contributed by atoms with Crippen molar-refractivity contribution in [2.24, 2.45) is 0 Å². The first-order chi connectivity index (χ1) is 11.1. The number of nitrogens with zero attached hydrogens (tertiary/aromatic N) is 1. The van der Waals surface area contributed by atoms with Crippen LogP contribution in [0.2, 0.25) is 0 Å². The van der Waals surface area contributed by atoms with Crippen LogP contribution in [0.3, 0.4) is 0 Å². The van der Waals surface area contributed by atoms with E-state index in [-0.39, 0.29) is 12.6 Å². The molecule has 6 heteroatoms. The van der Waals surface area contributed by atoms with Crippen LogP contribution >= 0.6 is 0 Å². The van der Waals surface area contributed by atoms with Crippen molar-refractivity contribution in [3.05, 3.63) is 35.9 Å². The first-order valence-corrected chi connectivity index (χ1v) is 8.07. The van der Waals surface area contributed by atoms with Crippen molar-refractivity contribution in [1.29, 1.82) is 0 Å². The topological polar surface area (TPSA) is 78.9 Å². The van der Waals surface area contributed by atoms with E-state index < -0.39 is 18.0 Å². The van der Waals surface area contributed by atoms with Crippen LogP contribution in [0, 0.1) is 0 Å². The van der Waals surface area contributed by atoms with Crippen molar-refractivity contribution in [3.8, 4) is 0 Å². The second kappa shape index (κ2) is 8.53. The van der Waals surface area contributed by atoms with Gasteiger partial charge in [-0.15, -0.1) is 0 Å². The molecule has 126 valence electrons. The molecule has 0 aromatic heterocycles. The minimum Gasteiger partial charge on any atom is -0.459 e. The van der Waals surface area contributed by atoms with Crippen LogP contribution in [0.1, 0.15) is 44.6 Å². The van der Waals surface area contributed by atoms with Gasteiger partial charge in [0.1, 0.15) is 12.6 Å². The molecule has 1 aromatic carbocycles. The summed E-state index contributed by atoms with van der Waals surface area (Å²) in [6, 6.07) is 7.69. The van der Waals surface area contributed by atoms with E-state index >= 15 is 0 Å². The Kier molecular flexibility index (Phi) is 6.40. The highest BCUT2D eigenvalue weighted by atomic mass is 16.5. The quantitative estimate of drug-likeness (QED) is 0.497. The van der Waals surface area contributed by atoms with Gasteiger partial charge in [-0.3, -0.25) is 5.21 Å². The number of benzene rings is 1. The molecule has 1 fully saturated rings. The van der Waals surface area contributed by atoms with Gasteiger partial charge in [0, 0.05) is 0 Å². The minimum absolute atomic E-state index is 0.158. The van der Waals surface area contributed by atoms with Crippen LogP contribution < -0.4 is 5.32 Å². The van der Waals surface area contributed by atoms with Crippen molar-refractivity contribution >= 4 is 12.0 Å². The zero-order valence-corrected chi connectivity index (χ0v) is 13.4. The zero-order valence-electron chi connectivity index (χ0n) is 13.4. The van der Waals surface area contributed by atoms with Gasteiger partial charge in [-0.2, -0.15) is 0 Å². The maximum Gasteiger partial charge on any atom is 0.342 e. The minimum atomic E-state index is -0.815. The van der Waals surface area contributed by atoms with Crippen molar-refractivity contribution in [3.63, 3.8) is 0 Å². The number of urea groups is 1. The fourth-order valence-corrected chi connectivity index (χ4v) is 2.66. The van der Waals surface area contributed by atoms with Gasteiger partial charge in [0.05, 0.1) is 6.04 Å². The van der Waals surface area contributed by atoms with Crippen molar-refractivity contribution in [2.45, 2.75) is 57.7 Å². The Balaban J connectivity index is 1.76. The normalized spacial score (nSPS) is 16.4. The number of nitrogens with one attached hydrogen (secondary N) is 1. The highest BCUT2D eigenvalue weighted by molar-refractivity contribution is 5.82. The molecule has 1 saturated carbocycles. The Morgan fingerprint density at radius 2 is 1.91 bits per heavy atom. The molecule has 23 heavy (non-hydrogen) atoms. The van der Waals surface area contributed by atoms with E-state index in [0.29, 0.717) is 0 Å². The first kappa shape index (κ1) is 17.3. The third-order valence-corrected chi connectivity index (χ3v) is 4.05. The number of amides is 2. The molecular formula is C17H24N2O4. The van der Waals surface area contributed by atoms with Gasteiger partial charge in [-0.25, -0.2) is 14.7 Å². The Hall–Kier alpha value is -2.08. The van der Waals surface area contributed by atoms with Gasteiger partial charge in [0.25, 0.3) is 0 Å². The Labute approximate surface area is 136 Å². The van der Waals surface area contributed by atoms with Crippen LogP contribution in [0.15, 0.2) is 30.3 Å². The smallest absolute Gasteiger partial charge is 0.342 e. The number of carbonyl (C=O) groups excluding carboxylic acids is 2. The third kappa shape index (κ3) is 5.25. The van der Waals surface area contributed by atoms with E-state index in [4.69, 9.17) is 4.74 Å². The standard InChI is InChI=1S/C17H24N2O4/c1-13(16(20)23-12-14-8-4-2-5-9-14)18-17(21)19(22)15-10-6-3-7-11-15/h2,4-5,8-9,13,15,22H,3,6-7,10-12H2,1H3,(H,18,21)/t13-/m0/s1. The maximum atomic E-state index is 12.0. The molecule has 0 unspecified atom stereocenters. The van der Waals surface area contributed by atoms with E-state index in [0.717, 1.165) is 42.7 Å². The molecule has 0 spiro atoms. The summed E-state index contributed by atoms with van der Waals surface area (Å²) in [4.78, 5) is 23.9. The third-order valence-electron chi connectivity index (χ3n) is 4.05. The molecule has 0 radical (unpaired) electrons. The summed E-state index contributed by atoms with van der Waals surface area (Å²) in [7, 11) is 0. The number of rotatable bonds is 5. The van der Waals surface area contributed by atoms with E-state index in [1.54, 1.807) is 6.92 Å². The molecular weight excluding hydrogens is 296 g/mol. The van der Waals surface area contributed by atoms with E-state index in [9.17, 15) is 14.8 Å². The highest BCUT2D eigenvalue weighted by Crippen LogP contribution is 2.21. The average molecular weight is 320 g/mol. The molecule has 1 aliphatic rings. The van der Waals surface area contributed by atoms with Crippen LogP contribution in [0.4, 0.5) is 4.79 Å². The van der Waals surface area contributed by atoms with Gasteiger partial charge in [-0.1, -0.05) is 49.6 Å². The molecule has 2 amide bonds. The summed E-state index contributed by atoms with van der Waals surface area (Å²) in [5, 5.41) is 13.1. The van der Waals surface area contributed by atoms with Crippen LogP contribution in [-0.2, 0) is 16.1 Å². The van der Waals surface area contributed by atoms with E-state index in [2.05, 4.69) is 5.32 Å². The number of carbonyl (C=O) groups is 2. The van der Waals surface area contributed by atoms with Gasteiger partial charge in [-0.05, 0) is 25.3 Å².